The first-order chi connectivity index (χ1) is 12.9. The molecule has 1 heterocycles. The van der Waals surface area contributed by atoms with Crippen molar-refractivity contribution in [2.45, 2.75) is 13.8 Å². The Morgan fingerprint density at radius 1 is 1.11 bits per heavy atom. The largest absolute Gasteiger partial charge is 0.491 e. The minimum atomic E-state index is -0.815. The average Bonchev–Trinajstić information content (AvgIpc) is 2.87. The van der Waals surface area contributed by atoms with E-state index >= 15 is 0 Å². The quantitative estimate of drug-likeness (QED) is 0.711. The van der Waals surface area contributed by atoms with Gasteiger partial charge in [0.2, 0.25) is 0 Å². The zero-order chi connectivity index (χ0) is 20.0. The molecule has 0 saturated carbocycles. The van der Waals surface area contributed by atoms with Crippen molar-refractivity contribution in [3.63, 3.8) is 0 Å². The van der Waals surface area contributed by atoms with Crippen LogP contribution in [0.2, 0.25) is 0 Å². The minimum Gasteiger partial charge on any atom is -0.491 e. The molecule has 0 unspecified atom stereocenters. The molecule has 0 radical (unpaired) electrons. The second-order valence-electron chi connectivity index (χ2n) is 6.11. The summed E-state index contributed by atoms with van der Waals surface area (Å²) in [6.07, 6.45) is 5.98. The zero-order valence-electron chi connectivity index (χ0n) is 15.7. The van der Waals surface area contributed by atoms with Crippen molar-refractivity contribution in [2.24, 2.45) is 5.92 Å². The van der Waals surface area contributed by atoms with Gasteiger partial charge in [0, 0.05) is 6.20 Å². The van der Waals surface area contributed by atoms with Gasteiger partial charge in [-0.3, -0.25) is 0 Å². The van der Waals surface area contributed by atoms with Gasteiger partial charge in [-0.2, -0.15) is 0 Å². The molecule has 27 heavy (non-hydrogen) atoms. The highest BCUT2D eigenvalue weighted by molar-refractivity contribution is 6.05. The summed E-state index contributed by atoms with van der Waals surface area (Å²) >= 11 is 0. The van der Waals surface area contributed by atoms with Crippen molar-refractivity contribution in [1.29, 1.82) is 0 Å². The third kappa shape index (κ3) is 4.55. The lowest BCUT2D eigenvalue weighted by Gasteiger charge is -2.25. The zero-order valence-corrected chi connectivity index (χ0v) is 15.7. The maximum Gasteiger partial charge on any atom is 0.355 e. The molecule has 6 nitrogen and oxygen atoms in total. The fourth-order valence-corrected chi connectivity index (χ4v) is 2.44. The normalized spacial score (nSPS) is 13.6. The lowest BCUT2D eigenvalue weighted by Crippen LogP contribution is -2.28. The van der Waals surface area contributed by atoms with Crippen molar-refractivity contribution < 1.29 is 28.2 Å². The molecular weight excluding hydrogens is 353 g/mol. The fraction of sp³-hybridized carbons (Fsp3) is 0.300. The van der Waals surface area contributed by atoms with Crippen LogP contribution in [0.3, 0.4) is 0 Å². The van der Waals surface area contributed by atoms with Crippen LogP contribution in [0.1, 0.15) is 13.8 Å². The highest BCUT2D eigenvalue weighted by Crippen LogP contribution is 2.36. The summed E-state index contributed by atoms with van der Waals surface area (Å²) in [5.74, 6) is -1.73. The number of methoxy groups -OCH3 is 2. The Hall–Kier alpha value is -3.09. The maximum atomic E-state index is 14.8. The van der Waals surface area contributed by atoms with Gasteiger partial charge >= 0.3 is 11.9 Å². The summed E-state index contributed by atoms with van der Waals surface area (Å²) in [6.45, 7) is 4.28. The molecule has 0 N–H and O–H groups in total. The van der Waals surface area contributed by atoms with Crippen LogP contribution in [-0.2, 0) is 19.1 Å². The number of para-hydroxylation sites is 1. The number of nitrogens with zero attached hydrogens (tertiary/aromatic N) is 1. The van der Waals surface area contributed by atoms with Gasteiger partial charge in [-0.05, 0) is 30.2 Å². The molecule has 1 aliphatic rings. The van der Waals surface area contributed by atoms with E-state index in [4.69, 9.17) is 14.2 Å². The Balaban J connectivity index is 2.67. The second kappa shape index (κ2) is 9.02. The Morgan fingerprint density at radius 2 is 1.81 bits per heavy atom. The Labute approximate surface area is 157 Å². The monoisotopic (exact) mass is 375 g/mol. The lowest BCUT2D eigenvalue weighted by atomic mass is 10.1. The number of benzene rings is 1. The molecule has 0 bridgehead atoms. The Morgan fingerprint density at radius 3 is 2.44 bits per heavy atom. The lowest BCUT2D eigenvalue weighted by molar-refractivity contribution is -0.139. The van der Waals surface area contributed by atoms with Gasteiger partial charge in [-0.1, -0.05) is 26.0 Å². The van der Waals surface area contributed by atoms with Crippen LogP contribution in [-0.4, -0.2) is 32.8 Å². The van der Waals surface area contributed by atoms with Crippen LogP contribution in [0.25, 0.3) is 0 Å². The molecule has 0 spiro atoms. The number of hydrogen-bond acceptors (Lipinski definition) is 6. The number of esters is 2. The molecule has 0 atom stereocenters. The number of halogens is 1. The van der Waals surface area contributed by atoms with Gasteiger partial charge in [-0.25, -0.2) is 14.0 Å². The highest BCUT2D eigenvalue weighted by Gasteiger charge is 2.30. The smallest absolute Gasteiger partial charge is 0.355 e. The molecule has 1 aliphatic heterocycles. The van der Waals surface area contributed by atoms with Gasteiger partial charge in [0.1, 0.15) is 17.1 Å². The van der Waals surface area contributed by atoms with Crippen molar-refractivity contribution in [3.8, 4) is 5.75 Å². The molecule has 144 valence electrons. The number of hydrogen-bond donors (Lipinski definition) is 0. The first-order valence-corrected chi connectivity index (χ1v) is 8.37. The second-order valence-corrected chi connectivity index (χ2v) is 6.11. The number of carbonyl (C=O) groups is 2. The Kier molecular flexibility index (Phi) is 6.76. The molecule has 1 aromatic carbocycles. The molecule has 0 amide bonds. The number of allylic oxidation sites excluding steroid dienone is 2. The third-order valence-corrected chi connectivity index (χ3v) is 3.65. The highest BCUT2D eigenvalue weighted by atomic mass is 19.1. The molecular formula is C20H22FNO5. The molecule has 1 aromatic rings. The van der Waals surface area contributed by atoms with E-state index in [0.29, 0.717) is 6.61 Å². The number of anilines is 1. The summed E-state index contributed by atoms with van der Waals surface area (Å²) in [7, 11) is 2.37. The van der Waals surface area contributed by atoms with Gasteiger partial charge in [-0.15, -0.1) is 0 Å². The van der Waals surface area contributed by atoms with E-state index in [9.17, 15) is 14.0 Å². The van der Waals surface area contributed by atoms with Crippen LogP contribution in [0, 0.1) is 11.7 Å². The third-order valence-electron chi connectivity index (χ3n) is 3.65. The summed E-state index contributed by atoms with van der Waals surface area (Å²) in [5, 5.41) is 0. The number of carbonyl (C=O) groups excluding carboxylic acids is 2. The van der Waals surface area contributed by atoms with Gasteiger partial charge in [0.05, 0.1) is 26.4 Å². The number of rotatable bonds is 6. The molecule has 0 fully saturated rings. The van der Waals surface area contributed by atoms with E-state index < -0.39 is 17.8 Å². The first kappa shape index (κ1) is 20.2. The van der Waals surface area contributed by atoms with Crippen LogP contribution in [0.15, 0.2) is 53.9 Å². The summed E-state index contributed by atoms with van der Waals surface area (Å²) < 4.78 is 30.1. The predicted octanol–water partition coefficient (Wildman–Crippen LogP) is 3.35. The molecule has 7 heteroatoms. The summed E-state index contributed by atoms with van der Waals surface area (Å²) in [6, 6.07) is 4.35. The van der Waals surface area contributed by atoms with Gasteiger partial charge in [0.15, 0.2) is 5.82 Å². The van der Waals surface area contributed by atoms with Crippen LogP contribution < -0.4 is 9.64 Å². The fourth-order valence-electron chi connectivity index (χ4n) is 2.44. The molecule has 2 rings (SSSR count). The van der Waals surface area contributed by atoms with Crippen molar-refractivity contribution in [2.75, 3.05) is 25.7 Å². The van der Waals surface area contributed by atoms with Crippen LogP contribution >= 0.6 is 0 Å². The van der Waals surface area contributed by atoms with E-state index in [1.807, 2.05) is 13.8 Å². The minimum absolute atomic E-state index is 0.0000898. The van der Waals surface area contributed by atoms with Crippen molar-refractivity contribution in [3.05, 3.63) is 59.7 Å². The predicted molar refractivity (Wildman–Crippen MR) is 98.6 cm³/mol. The van der Waals surface area contributed by atoms with Crippen molar-refractivity contribution in [1.82, 2.24) is 0 Å². The van der Waals surface area contributed by atoms with E-state index in [1.54, 1.807) is 18.2 Å². The Bertz CT molecular complexity index is 811. The SMILES string of the molecule is COC(=O)C1=C(C(=O)OC)N(c2c(F)cccc2OCC(C)C)C=CC=C1. The van der Waals surface area contributed by atoms with E-state index in [2.05, 4.69) is 0 Å². The van der Waals surface area contributed by atoms with Crippen molar-refractivity contribution >= 4 is 17.6 Å². The standard InChI is InChI=1S/C20H22FNO5/c1-13(2)12-27-16-10-7-9-15(21)18(16)22-11-6-5-8-14(19(23)25-3)17(22)20(24)26-4/h5-11,13H,12H2,1-4H3. The number of ether oxygens (including phenoxy) is 3. The topological polar surface area (TPSA) is 65.1 Å². The maximum absolute atomic E-state index is 14.8. The average molecular weight is 375 g/mol. The van der Waals surface area contributed by atoms with Gasteiger partial charge < -0.3 is 19.1 Å². The van der Waals surface area contributed by atoms with E-state index in [0.717, 1.165) is 0 Å². The van der Waals surface area contributed by atoms with Crippen LogP contribution in [0.5, 0.6) is 5.75 Å². The molecule has 0 aliphatic carbocycles. The molecule has 0 saturated heterocycles. The van der Waals surface area contributed by atoms with Gasteiger partial charge in [0.25, 0.3) is 0 Å². The van der Waals surface area contributed by atoms with Crippen LogP contribution in [0.4, 0.5) is 10.1 Å². The first-order valence-electron chi connectivity index (χ1n) is 8.37. The summed E-state index contributed by atoms with van der Waals surface area (Å²) in [4.78, 5) is 25.9. The summed E-state index contributed by atoms with van der Waals surface area (Å²) in [5.41, 5.74) is -0.235. The van der Waals surface area contributed by atoms with E-state index in [1.165, 1.54) is 43.5 Å². The molecule has 0 aromatic heterocycles. The van der Waals surface area contributed by atoms with E-state index in [-0.39, 0.29) is 28.6 Å².